The molecule has 11 heteroatoms. The van der Waals surface area contributed by atoms with E-state index >= 15 is 0 Å². The van der Waals surface area contributed by atoms with Crippen molar-refractivity contribution in [1.29, 1.82) is 0 Å². The van der Waals surface area contributed by atoms with Crippen LogP contribution in [0.15, 0.2) is 23.3 Å². The third kappa shape index (κ3) is 7.88. The van der Waals surface area contributed by atoms with Crippen LogP contribution in [0.25, 0.3) is 0 Å². The third-order valence-electron chi connectivity index (χ3n) is 4.29. The Morgan fingerprint density at radius 2 is 1.91 bits per heavy atom. The lowest BCUT2D eigenvalue weighted by molar-refractivity contribution is -0.197. The number of rotatable bonds is 10. The molecule has 0 aliphatic carbocycles. The minimum atomic E-state index is -0.703. The average Bonchev–Trinajstić information content (AvgIpc) is 3.00. The summed E-state index contributed by atoms with van der Waals surface area (Å²) in [6, 6.07) is 4.61. The van der Waals surface area contributed by atoms with E-state index in [0.717, 1.165) is 0 Å². The van der Waals surface area contributed by atoms with E-state index in [1.807, 2.05) is 13.8 Å². The molecule has 1 heterocycles. The largest absolute Gasteiger partial charge is 0.507 e. The second-order valence-corrected chi connectivity index (χ2v) is 9.11. The lowest BCUT2D eigenvalue weighted by Gasteiger charge is -2.15. The summed E-state index contributed by atoms with van der Waals surface area (Å²) >= 11 is 4.30. The Labute approximate surface area is 191 Å². The zero-order chi connectivity index (χ0) is 23.9. The van der Waals surface area contributed by atoms with Gasteiger partial charge in [0.2, 0.25) is 5.91 Å². The Morgan fingerprint density at radius 1 is 1.25 bits per heavy atom. The van der Waals surface area contributed by atoms with E-state index in [4.69, 9.17) is 9.57 Å². The summed E-state index contributed by atoms with van der Waals surface area (Å²) in [6.07, 6.45) is 0.503. The fourth-order valence-corrected chi connectivity index (χ4v) is 2.90. The highest BCUT2D eigenvalue weighted by Gasteiger charge is 2.32. The number of hydrogen-bond acceptors (Lipinski definition) is 9. The van der Waals surface area contributed by atoms with Gasteiger partial charge in [-0.3, -0.25) is 14.4 Å². The number of nitrogens with one attached hydrogen (secondary N) is 1. The second kappa shape index (κ2) is 11.0. The van der Waals surface area contributed by atoms with Crippen LogP contribution in [-0.2, 0) is 24.0 Å². The van der Waals surface area contributed by atoms with Crippen LogP contribution in [0.3, 0.4) is 0 Å². The van der Waals surface area contributed by atoms with Gasteiger partial charge < -0.3 is 14.7 Å². The third-order valence-corrected chi connectivity index (χ3v) is 4.45. The summed E-state index contributed by atoms with van der Waals surface area (Å²) in [5, 5.41) is 14.7. The van der Waals surface area contributed by atoms with Gasteiger partial charge in [0.15, 0.2) is 0 Å². The van der Waals surface area contributed by atoms with Gasteiger partial charge in [-0.2, -0.15) is 17.7 Å². The van der Waals surface area contributed by atoms with Gasteiger partial charge in [-0.25, -0.2) is 10.2 Å². The van der Waals surface area contributed by atoms with Gasteiger partial charge in [0.25, 0.3) is 11.8 Å². The summed E-state index contributed by atoms with van der Waals surface area (Å²) in [7, 11) is 0. The molecule has 2 N–H and O–H groups in total. The van der Waals surface area contributed by atoms with Crippen molar-refractivity contribution in [2.45, 2.75) is 57.6 Å². The van der Waals surface area contributed by atoms with Crippen molar-refractivity contribution in [3.8, 4) is 11.5 Å². The number of amides is 3. The Bertz CT molecular complexity index is 908. The number of phenols is 1. The first-order valence-electron chi connectivity index (χ1n) is 10.0. The highest BCUT2D eigenvalue weighted by molar-refractivity contribution is 7.81. The minimum absolute atomic E-state index is 0.0408. The predicted molar refractivity (Wildman–Crippen MR) is 118 cm³/mol. The quantitative estimate of drug-likeness (QED) is 0.158. The molecule has 0 aromatic heterocycles. The number of ether oxygens (including phenoxy) is 1. The van der Waals surface area contributed by atoms with Crippen molar-refractivity contribution < 1.29 is 33.9 Å². The van der Waals surface area contributed by atoms with E-state index in [9.17, 15) is 24.3 Å². The van der Waals surface area contributed by atoms with Crippen LogP contribution in [0, 0.1) is 0 Å². The number of phenolic OH excluding ortho intramolecular Hbond substituents is 1. The van der Waals surface area contributed by atoms with Gasteiger partial charge >= 0.3 is 5.97 Å². The summed E-state index contributed by atoms with van der Waals surface area (Å²) in [5.74, 6) is -1.76. The molecule has 0 bridgehead atoms. The standard InChI is InChI=1S/C21H27N3O7S/c1-13(22-23-17(26)12-21(2,3)32)15-7-6-14(11-16(15)25)30-10-4-5-20(29)31-24-18(27)8-9-19(24)28/h6-7,11,25,32H,4-5,8-10,12H2,1-3H3,(H,23,26). The monoisotopic (exact) mass is 465 g/mol. The van der Waals surface area contributed by atoms with Crippen LogP contribution < -0.4 is 10.2 Å². The lowest BCUT2D eigenvalue weighted by atomic mass is 10.1. The van der Waals surface area contributed by atoms with Crippen LogP contribution in [0.4, 0.5) is 0 Å². The van der Waals surface area contributed by atoms with Gasteiger partial charge in [-0.1, -0.05) is 13.8 Å². The molecule has 1 saturated heterocycles. The van der Waals surface area contributed by atoms with Crippen molar-refractivity contribution >= 4 is 42.0 Å². The first-order chi connectivity index (χ1) is 15.0. The van der Waals surface area contributed by atoms with Gasteiger partial charge in [0, 0.05) is 35.6 Å². The second-order valence-electron chi connectivity index (χ2n) is 7.90. The molecular formula is C21H27N3O7S. The van der Waals surface area contributed by atoms with E-state index in [-0.39, 0.29) is 50.4 Å². The molecule has 0 spiro atoms. The molecule has 10 nitrogen and oxygen atoms in total. The molecule has 0 unspecified atom stereocenters. The molecular weight excluding hydrogens is 438 g/mol. The van der Waals surface area contributed by atoms with Gasteiger partial charge in [0.1, 0.15) is 11.5 Å². The molecule has 32 heavy (non-hydrogen) atoms. The van der Waals surface area contributed by atoms with Gasteiger partial charge in [-0.05, 0) is 25.5 Å². The maximum atomic E-state index is 11.8. The Hall–Kier alpha value is -3.08. The molecule has 1 aromatic carbocycles. The number of benzene rings is 1. The maximum Gasteiger partial charge on any atom is 0.333 e. The number of hydrazone groups is 1. The zero-order valence-electron chi connectivity index (χ0n) is 18.2. The number of nitrogens with zero attached hydrogens (tertiary/aromatic N) is 2. The molecule has 174 valence electrons. The highest BCUT2D eigenvalue weighted by atomic mass is 32.1. The summed E-state index contributed by atoms with van der Waals surface area (Å²) in [6.45, 7) is 5.42. The fourth-order valence-electron chi connectivity index (χ4n) is 2.76. The number of aromatic hydroxyl groups is 1. The highest BCUT2D eigenvalue weighted by Crippen LogP contribution is 2.24. The average molecular weight is 466 g/mol. The Kier molecular flexibility index (Phi) is 8.64. The smallest absolute Gasteiger partial charge is 0.333 e. The number of thiol groups is 1. The van der Waals surface area contributed by atoms with E-state index < -0.39 is 22.5 Å². The number of hydrogen-bond donors (Lipinski definition) is 3. The lowest BCUT2D eigenvalue weighted by Crippen LogP contribution is -2.32. The Balaban J connectivity index is 1.79. The maximum absolute atomic E-state index is 11.8. The van der Waals surface area contributed by atoms with E-state index in [1.54, 1.807) is 19.1 Å². The molecule has 1 aliphatic heterocycles. The number of carbonyl (C=O) groups excluding carboxylic acids is 4. The first kappa shape index (κ1) is 25.2. The molecule has 2 rings (SSSR count). The van der Waals surface area contributed by atoms with Crippen molar-refractivity contribution in [1.82, 2.24) is 10.5 Å². The normalized spacial score (nSPS) is 14.5. The van der Waals surface area contributed by atoms with Crippen LogP contribution in [0.2, 0.25) is 0 Å². The molecule has 0 radical (unpaired) electrons. The summed E-state index contributed by atoms with van der Waals surface area (Å²) < 4.78 is 5.04. The molecule has 1 fully saturated rings. The number of hydroxylamine groups is 2. The van der Waals surface area contributed by atoms with E-state index in [1.165, 1.54) is 6.07 Å². The minimum Gasteiger partial charge on any atom is -0.507 e. The van der Waals surface area contributed by atoms with Crippen molar-refractivity contribution in [2.24, 2.45) is 5.10 Å². The summed E-state index contributed by atoms with van der Waals surface area (Å²) in [5.41, 5.74) is 3.26. The topological polar surface area (TPSA) is 135 Å². The van der Waals surface area contributed by atoms with Crippen molar-refractivity contribution in [3.63, 3.8) is 0 Å². The van der Waals surface area contributed by atoms with Crippen LogP contribution >= 0.6 is 12.6 Å². The zero-order valence-corrected chi connectivity index (χ0v) is 19.1. The van der Waals surface area contributed by atoms with E-state index in [0.29, 0.717) is 22.1 Å². The number of imide groups is 1. The van der Waals surface area contributed by atoms with Crippen LogP contribution in [-0.4, -0.2) is 50.9 Å². The molecule has 1 aliphatic rings. The van der Waals surface area contributed by atoms with Gasteiger partial charge in [0.05, 0.1) is 18.7 Å². The van der Waals surface area contributed by atoms with Crippen LogP contribution in [0.1, 0.15) is 58.4 Å². The summed E-state index contributed by atoms with van der Waals surface area (Å²) in [4.78, 5) is 51.2. The Morgan fingerprint density at radius 3 is 2.50 bits per heavy atom. The number of carbonyl (C=O) groups is 4. The van der Waals surface area contributed by atoms with Gasteiger partial charge in [-0.15, -0.1) is 5.06 Å². The van der Waals surface area contributed by atoms with E-state index in [2.05, 4.69) is 23.2 Å². The molecule has 0 atom stereocenters. The van der Waals surface area contributed by atoms with Crippen LogP contribution in [0.5, 0.6) is 11.5 Å². The molecule has 3 amide bonds. The molecule has 0 saturated carbocycles. The fraction of sp³-hybridized carbons (Fsp3) is 0.476. The predicted octanol–water partition coefficient (Wildman–Crippen LogP) is 2.10. The molecule has 1 aromatic rings. The SMILES string of the molecule is CC(=NNC(=O)CC(C)(C)S)c1ccc(OCCCC(=O)ON2C(=O)CCC2=O)cc1O. The van der Waals surface area contributed by atoms with Crippen molar-refractivity contribution in [2.75, 3.05) is 6.61 Å². The van der Waals surface area contributed by atoms with Crippen molar-refractivity contribution in [3.05, 3.63) is 23.8 Å². The first-order valence-corrected chi connectivity index (χ1v) is 10.5.